The highest BCUT2D eigenvalue weighted by molar-refractivity contribution is 7.22. The Morgan fingerprint density at radius 1 is 0.512 bits per heavy atom. The predicted octanol–water partition coefficient (Wildman–Crippen LogP) is 13.4. The van der Waals surface area contributed by atoms with Crippen LogP contribution in [0.2, 0.25) is 0 Å². The van der Waals surface area contributed by atoms with E-state index in [9.17, 15) is 28.8 Å². The molecule has 0 spiro atoms. The van der Waals surface area contributed by atoms with Gasteiger partial charge in [0.05, 0.1) is 79.3 Å². The number of ether oxygens (including phenoxy) is 9. The van der Waals surface area contributed by atoms with Crippen LogP contribution in [0.25, 0.3) is 10.2 Å². The molecular weight excluding hydrogens is 1120 g/mol. The quantitative estimate of drug-likeness (QED) is 0.00988. The molecule has 0 saturated heterocycles. The van der Waals surface area contributed by atoms with Crippen LogP contribution in [0.4, 0.5) is 10.8 Å². The molecule has 0 amide bonds. The summed E-state index contributed by atoms with van der Waals surface area (Å²) in [6.07, 6.45) is 14.1. The molecule has 452 valence electrons. The molecule has 19 heteroatoms. The third-order valence-corrected chi connectivity index (χ3v) is 15.8. The lowest BCUT2D eigenvalue weighted by Crippen LogP contribution is -2.30. The highest BCUT2D eigenvalue weighted by Crippen LogP contribution is 2.37. The summed E-state index contributed by atoms with van der Waals surface area (Å²) >= 11 is 1.45. The van der Waals surface area contributed by atoms with E-state index in [1.54, 1.807) is 78.8 Å². The zero-order valence-electron chi connectivity index (χ0n) is 48.4. The first-order valence-electron chi connectivity index (χ1n) is 29.3. The van der Waals surface area contributed by atoms with Crippen molar-refractivity contribution in [2.75, 3.05) is 38.5 Å². The molecule has 86 heavy (non-hydrogen) atoms. The van der Waals surface area contributed by atoms with Crippen LogP contribution in [0, 0.1) is 23.7 Å². The van der Waals surface area contributed by atoms with Crippen LogP contribution in [-0.2, 0) is 38.2 Å². The third kappa shape index (κ3) is 19.3. The highest BCUT2D eigenvalue weighted by Gasteiger charge is 2.34. The molecule has 0 bridgehead atoms. The van der Waals surface area contributed by atoms with Crippen LogP contribution in [0.1, 0.15) is 108 Å². The minimum absolute atomic E-state index is 0.186. The van der Waals surface area contributed by atoms with Gasteiger partial charge in [-0.2, -0.15) is 5.10 Å². The van der Waals surface area contributed by atoms with Gasteiger partial charge in [-0.3, -0.25) is 19.2 Å². The van der Waals surface area contributed by atoms with Crippen molar-refractivity contribution < 1.29 is 71.4 Å². The molecule has 0 N–H and O–H groups in total. The number of aromatic nitrogens is 1. The van der Waals surface area contributed by atoms with E-state index in [4.69, 9.17) is 52.7 Å². The second-order valence-electron chi connectivity index (χ2n) is 20.9. The zero-order valence-corrected chi connectivity index (χ0v) is 49.3. The van der Waals surface area contributed by atoms with Crippen LogP contribution >= 0.6 is 11.3 Å². The predicted molar refractivity (Wildman–Crippen MR) is 325 cm³/mol. The van der Waals surface area contributed by atoms with E-state index in [2.05, 4.69) is 13.2 Å². The monoisotopic (exact) mass is 1190 g/mol. The number of carbonyl (C=O) groups is 6. The number of carbonyl (C=O) groups excluding carboxylic acids is 6. The molecule has 0 radical (unpaired) electrons. The van der Waals surface area contributed by atoms with Crippen molar-refractivity contribution in [3.63, 3.8) is 0 Å². The second-order valence-corrected chi connectivity index (χ2v) is 21.9. The molecule has 18 nitrogen and oxygen atoms in total. The van der Waals surface area contributed by atoms with Gasteiger partial charge in [-0.15, -0.1) is 0 Å². The Morgan fingerprint density at radius 3 is 1.40 bits per heavy atom. The number of rotatable bonds is 31. The summed E-state index contributed by atoms with van der Waals surface area (Å²) in [5.41, 5.74) is 1.82. The SMILES string of the molecule is C=CC(=O)OCCCCCCOc1ccc(OC(=O)[C@H]2CC[C@H](C(=O)Oc3ccc(OC(=O)[C@H]4CC[C@H](C(=O)Oc5ccc(OCCCCCCOC(=O)C=C)cc5)CC4)c(/C=N/N(c4ccc(OC)cc4)c4nc5ccccc5s4)c3)CC2)cc1. The zero-order chi connectivity index (χ0) is 60.5. The normalized spacial score (nSPS) is 16.5. The van der Waals surface area contributed by atoms with E-state index in [0.29, 0.717) is 123 Å². The molecule has 8 rings (SSSR count). The van der Waals surface area contributed by atoms with Crippen molar-refractivity contribution >= 4 is 74.4 Å². The smallest absolute Gasteiger partial charge is 0.330 e. The summed E-state index contributed by atoms with van der Waals surface area (Å²) in [6.45, 7) is 8.56. The first-order valence-corrected chi connectivity index (χ1v) is 30.2. The maximum Gasteiger partial charge on any atom is 0.330 e. The summed E-state index contributed by atoms with van der Waals surface area (Å²) in [5.74, 6) is -1.11. The van der Waals surface area contributed by atoms with Gasteiger partial charge in [-0.25, -0.2) is 19.6 Å². The number of benzene rings is 5. The molecule has 2 fully saturated rings. The number of anilines is 2. The van der Waals surface area contributed by atoms with Crippen LogP contribution in [0.5, 0.6) is 40.2 Å². The first-order chi connectivity index (χ1) is 41.9. The fourth-order valence-corrected chi connectivity index (χ4v) is 10.8. The van der Waals surface area contributed by atoms with Gasteiger partial charge in [-0.05, 0) is 206 Å². The lowest BCUT2D eigenvalue weighted by molar-refractivity contribution is -0.145. The number of hydrazone groups is 1. The Hall–Kier alpha value is -8.84. The standard InChI is InChI=1S/C67H73N3O15S/c1-4-61(71)80-42-14-8-6-12-40-78-53-30-34-55(35-31-53)82-63(73)46-18-20-48(21-19-46)65(75)84-57-38-39-59(50(44-57)45-68-70(51-26-28-52(77-3)29-27-51)67-69-58-16-10-11-17-60(58)86-67)85-66(76)49-24-22-47(23-25-49)64(74)83-56-36-32-54(33-37-56)79-41-13-7-9-15-43-81-62(72)5-2/h4-5,10-11,16-17,26-39,44-49H,1-2,6-9,12-15,18-25,40-43H2,3H3/b68-45+/t46-,47-,48-,49-. The summed E-state index contributed by atoms with van der Waals surface area (Å²) in [6, 6.07) is 33.7. The van der Waals surface area contributed by atoms with Gasteiger partial charge in [0.15, 0.2) is 0 Å². The van der Waals surface area contributed by atoms with E-state index >= 15 is 0 Å². The van der Waals surface area contributed by atoms with Gasteiger partial charge in [-0.1, -0.05) is 36.6 Å². The number of thiazole rings is 1. The van der Waals surface area contributed by atoms with E-state index in [0.717, 1.165) is 73.7 Å². The van der Waals surface area contributed by atoms with Crippen molar-refractivity contribution in [2.45, 2.75) is 103 Å². The van der Waals surface area contributed by atoms with Gasteiger partial charge < -0.3 is 42.6 Å². The molecule has 2 aliphatic carbocycles. The average Bonchev–Trinajstić information content (AvgIpc) is 4.11. The largest absolute Gasteiger partial charge is 0.497 e. The maximum atomic E-state index is 14.0. The number of para-hydroxylation sites is 1. The molecule has 0 atom stereocenters. The molecule has 0 unspecified atom stereocenters. The molecule has 2 saturated carbocycles. The van der Waals surface area contributed by atoms with Gasteiger partial charge in [0.25, 0.3) is 0 Å². The number of fused-ring (bicyclic) bond motifs is 1. The Balaban J connectivity index is 0.856. The van der Waals surface area contributed by atoms with Crippen molar-refractivity contribution in [2.24, 2.45) is 28.8 Å². The number of esters is 6. The van der Waals surface area contributed by atoms with Crippen molar-refractivity contribution in [3.8, 4) is 40.2 Å². The molecule has 0 aliphatic heterocycles. The van der Waals surface area contributed by atoms with Gasteiger partial charge in [0, 0.05) is 17.7 Å². The molecule has 5 aromatic carbocycles. The molecule has 6 aromatic rings. The van der Waals surface area contributed by atoms with Crippen LogP contribution in [-0.4, -0.2) is 80.6 Å². The topological polar surface area (TPSA) is 214 Å². The summed E-state index contributed by atoms with van der Waals surface area (Å²) < 4.78 is 51.7. The average molecular weight is 1190 g/mol. The van der Waals surface area contributed by atoms with Crippen molar-refractivity contribution in [3.05, 3.63) is 146 Å². The number of nitrogens with zero attached hydrogens (tertiary/aromatic N) is 3. The minimum Gasteiger partial charge on any atom is -0.497 e. The van der Waals surface area contributed by atoms with Gasteiger partial charge in [0.2, 0.25) is 5.13 Å². The summed E-state index contributed by atoms with van der Waals surface area (Å²) in [7, 11) is 1.59. The van der Waals surface area contributed by atoms with E-state index in [1.165, 1.54) is 17.6 Å². The minimum atomic E-state index is -0.499. The number of hydrogen-bond donors (Lipinski definition) is 0. The Labute approximate surface area is 505 Å². The van der Waals surface area contributed by atoms with E-state index in [-0.39, 0.29) is 23.4 Å². The van der Waals surface area contributed by atoms with Crippen molar-refractivity contribution in [1.82, 2.24) is 4.98 Å². The highest BCUT2D eigenvalue weighted by atomic mass is 32.1. The van der Waals surface area contributed by atoms with Crippen LogP contribution in [0.3, 0.4) is 0 Å². The van der Waals surface area contributed by atoms with Crippen LogP contribution in [0.15, 0.2) is 146 Å². The lowest BCUT2D eigenvalue weighted by Gasteiger charge is -2.26. The number of methoxy groups -OCH3 is 1. The van der Waals surface area contributed by atoms with E-state index in [1.807, 2.05) is 48.5 Å². The number of unbranched alkanes of at least 4 members (excludes halogenated alkanes) is 6. The summed E-state index contributed by atoms with van der Waals surface area (Å²) in [4.78, 5) is 81.7. The van der Waals surface area contributed by atoms with Crippen LogP contribution < -0.4 is 38.2 Å². The fourth-order valence-electron chi connectivity index (χ4n) is 9.89. The molecular formula is C67H73N3O15S. The Kier molecular flexibility index (Phi) is 24.3. The van der Waals surface area contributed by atoms with Gasteiger partial charge >= 0.3 is 35.8 Å². The van der Waals surface area contributed by atoms with Gasteiger partial charge in [0.1, 0.15) is 40.2 Å². The molecule has 1 heterocycles. The molecule has 2 aliphatic rings. The summed E-state index contributed by atoms with van der Waals surface area (Å²) in [5, 5.41) is 7.16. The lowest BCUT2D eigenvalue weighted by atomic mass is 9.82. The maximum absolute atomic E-state index is 14.0. The first kappa shape index (κ1) is 63.2. The van der Waals surface area contributed by atoms with E-state index < -0.39 is 47.5 Å². The fraction of sp³-hybridized carbons (Fsp3) is 0.373. The Bertz CT molecular complexity index is 3220. The second kappa shape index (κ2) is 33.0. The molecule has 1 aromatic heterocycles. The van der Waals surface area contributed by atoms with Crippen molar-refractivity contribution in [1.29, 1.82) is 0 Å². The Morgan fingerprint density at radius 2 is 0.930 bits per heavy atom. The third-order valence-electron chi connectivity index (χ3n) is 14.8. The number of hydrogen-bond acceptors (Lipinski definition) is 19.